The van der Waals surface area contributed by atoms with E-state index in [1.165, 1.54) is 4.88 Å². The summed E-state index contributed by atoms with van der Waals surface area (Å²) in [5.74, 6) is -0.282. The maximum absolute atomic E-state index is 11.9. The number of aryl methyl sites for hydroxylation is 1. The van der Waals surface area contributed by atoms with Crippen molar-refractivity contribution in [1.29, 1.82) is 0 Å². The maximum atomic E-state index is 11.9. The molecule has 0 saturated carbocycles. The van der Waals surface area contributed by atoms with Crippen LogP contribution in [0.5, 0.6) is 0 Å². The number of benzene rings is 1. The SMILES string of the molecule is Cc1nc(CN)sc1Cc1cccc(C(=O)OC(C)C)c1. The second-order valence-corrected chi connectivity index (χ2v) is 6.32. The standard InChI is InChI=1S/C16H20N2O2S/c1-10(2)20-16(19)13-6-4-5-12(7-13)8-14-11(3)18-15(9-17)21-14/h4-7,10H,8-9,17H2,1-3H3. The van der Waals surface area contributed by atoms with Crippen LogP contribution < -0.4 is 5.73 Å². The first kappa shape index (κ1) is 15.7. The van der Waals surface area contributed by atoms with E-state index in [0.717, 1.165) is 22.7 Å². The third kappa shape index (κ3) is 4.12. The first-order valence-electron chi connectivity index (χ1n) is 6.94. The Hall–Kier alpha value is -1.72. The lowest BCUT2D eigenvalue weighted by Gasteiger charge is -2.08. The number of aromatic nitrogens is 1. The molecule has 5 heteroatoms. The van der Waals surface area contributed by atoms with E-state index in [0.29, 0.717) is 12.1 Å². The number of ether oxygens (including phenoxy) is 1. The summed E-state index contributed by atoms with van der Waals surface area (Å²) >= 11 is 1.63. The Labute approximate surface area is 129 Å². The van der Waals surface area contributed by atoms with Crippen LogP contribution in [0.4, 0.5) is 0 Å². The van der Waals surface area contributed by atoms with Crippen molar-refractivity contribution in [3.8, 4) is 0 Å². The molecule has 0 unspecified atom stereocenters. The number of esters is 1. The van der Waals surface area contributed by atoms with Gasteiger partial charge in [0.1, 0.15) is 5.01 Å². The van der Waals surface area contributed by atoms with Gasteiger partial charge in [0.2, 0.25) is 0 Å². The predicted octanol–water partition coefficient (Wildman–Crippen LogP) is 3.07. The lowest BCUT2D eigenvalue weighted by Crippen LogP contribution is -2.11. The van der Waals surface area contributed by atoms with Gasteiger partial charge in [0.25, 0.3) is 0 Å². The number of hydrogen-bond acceptors (Lipinski definition) is 5. The highest BCUT2D eigenvalue weighted by molar-refractivity contribution is 7.11. The van der Waals surface area contributed by atoms with Gasteiger partial charge in [0, 0.05) is 17.8 Å². The third-order valence-electron chi connectivity index (χ3n) is 2.98. The zero-order valence-corrected chi connectivity index (χ0v) is 13.4. The van der Waals surface area contributed by atoms with Crippen molar-refractivity contribution in [2.75, 3.05) is 0 Å². The summed E-state index contributed by atoms with van der Waals surface area (Å²) in [6.07, 6.45) is 0.642. The largest absolute Gasteiger partial charge is 0.459 e. The van der Waals surface area contributed by atoms with E-state index in [9.17, 15) is 4.79 Å². The molecule has 1 aromatic heterocycles. The molecule has 0 saturated heterocycles. The normalized spacial score (nSPS) is 10.9. The summed E-state index contributed by atoms with van der Waals surface area (Å²) in [4.78, 5) is 17.5. The molecule has 0 aliphatic carbocycles. The van der Waals surface area contributed by atoms with E-state index in [-0.39, 0.29) is 12.1 Å². The molecule has 4 nitrogen and oxygen atoms in total. The number of carbonyl (C=O) groups is 1. The van der Waals surface area contributed by atoms with Gasteiger partial charge in [-0.3, -0.25) is 0 Å². The van der Waals surface area contributed by atoms with E-state index >= 15 is 0 Å². The van der Waals surface area contributed by atoms with E-state index in [2.05, 4.69) is 4.98 Å². The summed E-state index contributed by atoms with van der Waals surface area (Å²) in [7, 11) is 0. The summed E-state index contributed by atoms with van der Waals surface area (Å²) < 4.78 is 5.22. The van der Waals surface area contributed by atoms with Crippen LogP contribution in [-0.2, 0) is 17.7 Å². The molecular weight excluding hydrogens is 284 g/mol. The van der Waals surface area contributed by atoms with Gasteiger partial charge in [0.15, 0.2) is 0 Å². The van der Waals surface area contributed by atoms with Crippen LogP contribution >= 0.6 is 11.3 Å². The molecular formula is C16H20N2O2S. The topological polar surface area (TPSA) is 65.2 Å². The molecule has 0 fully saturated rings. The van der Waals surface area contributed by atoms with E-state index < -0.39 is 0 Å². The van der Waals surface area contributed by atoms with Crippen molar-refractivity contribution in [1.82, 2.24) is 4.98 Å². The molecule has 0 radical (unpaired) electrons. The quantitative estimate of drug-likeness (QED) is 0.862. The van der Waals surface area contributed by atoms with Crippen LogP contribution in [0.1, 0.15) is 45.3 Å². The minimum atomic E-state index is -0.282. The lowest BCUT2D eigenvalue weighted by molar-refractivity contribution is 0.0378. The summed E-state index contributed by atoms with van der Waals surface area (Å²) in [5.41, 5.74) is 8.29. The molecule has 2 N–H and O–H groups in total. The Kier molecular flexibility index (Phi) is 5.09. The van der Waals surface area contributed by atoms with Crippen LogP contribution in [-0.4, -0.2) is 17.1 Å². The first-order chi connectivity index (χ1) is 9.99. The smallest absolute Gasteiger partial charge is 0.338 e. The fourth-order valence-electron chi connectivity index (χ4n) is 2.02. The van der Waals surface area contributed by atoms with Gasteiger partial charge in [0.05, 0.1) is 17.4 Å². The molecule has 1 heterocycles. The van der Waals surface area contributed by atoms with Gasteiger partial charge in [-0.05, 0) is 38.5 Å². The van der Waals surface area contributed by atoms with E-state index in [1.807, 2.05) is 39.0 Å². The molecule has 112 valence electrons. The Morgan fingerprint density at radius 1 is 1.43 bits per heavy atom. The average molecular weight is 304 g/mol. The van der Waals surface area contributed by atoms with Crippen molar-refractivity contribution in [2.45, 2.75) is 39.8 Å². The molecule has 0 aliphatic heterocycles. The highest BCUT2D eigenvalue weighted by Crippen LogP contribution is 2.22. The maximum Gasteiger partial charge on any atom is 0.338 e. The second kappa shape index (κ2) is 6.83. The van der Waals surface area contributed by atoms with Crippen molar-refractivity contribution in [2.24, 2.45) is 5.73 Å². The lowest BCUT2D eigenvalue weighted by atomic mass is 10.1. The highest BCUT2D eigenvalue weighted by atomic mass is 32.1. The van der Waals surface area contributed by atoms with Crippen LogP contribution in [0.2, 0.25) is 0 Å². The number of carbonyl (C=O) groups excluding carboxylic acids is 1. The van der Waals surface area contributed by atoms with Gasteiger partial charge in [-0.15, -0.1) is 11.3 Å². The average Bonchev–Trinajstić information content (AvgIpc) is 2.79. The molecule has 0 bridgehead atoms. The Morgan fingerprint density at radius 3 is 2.81 bits per heavy atom. The van der Waals surface area contributed by atoms with Crippen molar-refractivity contribution in [3.63, 3.8) is 0 Å². The zero-order valence-electron chi connectivity index (χ0n) is 12.6. The summed E-state index contributed by atoms with van der Waals surface area (Å²) in [6.45, 7) is 6.14. The van der Waals surface area contributed by atoms with Gasteiger partial charge in [-0.25, -0.2) is 9.78 Å². The molecule has 0 spiro atoms. The Morgan fingerprint density at radius 2 is 2.19 bits per heavy atom. The Bertz CT molecular complexity index is 635. The molecule has 0 aliphatic rings. The monoisotopic (exact) mass is 304 g/mol. The fourth-order valence-corrected chi connectivity index (χ4v) is 3.00. The number of nitrogens with two attached hydrogens (primary N) is 1. The van der Waals surface area contributed by atoms with Crippen molar-refractivity contribution in [3.05, 3.63) is 51.0 Å². The van der Waals surface area contributed by atoms with Crippen LogP contribution in [0.25, 0.3) is 0 Å². The zero-order chi connectivity index (χ0) is 15.4. The minimum Gasteiger partial charge on any atom is -0.459 e. The third-order valence-corrected chi connectivity index (χ3v) is 4.16. The van der Waals surface area contributed by atoms with Crippen molar-refractivity contribution < 1.29 is 9.53 Å². The summed E-state index contributed by atoms with van der Waals surface area (Å²) in [6, 6.07) is 7.55. The molecule has 2 aromatic rings. The van der Waals surface area contributed by atoms with E-state index in [1.54, 1.807) is 17.4 Å². The van der Waals surface area contributed by atoms with E-state index in [4.69, 9.17) is 10.5 Å². The number of nitrogens with zero attached hydrogens (tertiary/aromatic N) is 1. The minimum absolute atomic E-state index is 0.114. The van der Waals surface area contributed by atoms with Gasteiger partial charge >= 0.3 is 5.97 Å². The Balaban J connectivity index is 2.17. The first-order valence-corrected chi connectivity index (χ1v) is 7.76. The second-order valence-electron chi connectivity index (χ2n) is 5.15. The van der Waals surface area contributed by atoms with Crippen molar-refractivity contribution >= 4 is 17.3 Å². The van der Waals surface area contributed by atoms with Gasteiger partial charge in [-0.2, -0.15) is 0 Å². The number of thiazole rings is 1. The fraction of sp³-hybridized carbons (Fsp3) is 0.375. The molecule has 0 atom stereocenters. The molecule has 21 heavy (non-hydrogen) atoms. The van der Waals surface area contributed by atoms with Crippen LogP contribution in [0, 0.1) is 6.92 Å². The molecule has 1 aromatic carbocycles. The molecule has 2 rings (SSSR count). The van der Waals surface area contributed by atoms with Crippen LogP contribution in [0.15, 0.2) is 24.3 Å². The van der Waals surface area contributed by atoms with Gasteiger partial charge < -0.3 is 10.5 Å². The number of hydrogen-bond donors (Lipinski definition) is 1. The summed E-state index contributed by atoms with van der Waals surface area (Å²) in [5, 5.41) is 0.942. The molecule has 0 amide bonds. The van der Waals surface area contributed by atoms with Gasteiger partial charge in [-0.1, -0.05) is 12.1 Å². The predicted molar refractivity (Wildman–Crippen MR) is 84.5 cm³/mol. The highest BCUT2D eigenvalue weighted by Gasteiger charge is 2.11. The van der Waals surface area contributed by atoms with Crippen LogP contribution in [0.3, 0.4) is 0 Å². The number of rotatable bonds is 5.